The molecule has 0 bridgehead atoms. The van der Waals surface area contributed by atoms with Gasteiger partial charge in [0.05, 0.1) is 0 Å². The van der Waals surface area contributed by atoms with Crippen LogP contribution in [0.3, 0.4) is 0 Å². The fourth-order valence-corrected chi connectivity index (χ4v) is 3.57. The lowest BCUT2D eigenvalue weighted by molar-refractivity contribution is 0.0837. The summed E-state index contributed by atoms with van der Waals surface area (Å²) in [4.78, 5) is 25.8. The first-order chi connectivity index (χ1) is 13.1. The highest BCUT2D eigenvalue weighted by molar-refractivity contribution is 6.03. The molecule has 0 fully saturated rings. The number of rotatable bonds is 5. The third-order valence-corrected chi connectivity index (χ3v) is 5.14. The SMILES string of the molecule is CC(C)(C)C(=O)c1cccc(CC(C)(C)C(=O)c2ccc3ccccc3c2)c1. The highest BCUT2D eigenvalue weighted by Crippen LogP contribution is 2.29. The van der Waals surface area contributed by atoms with Crippen molar-refractivity contribution < 1.29 is 9.59 Å². The molecule has 144 valence electrons. The van der Waals surface area contributed by atoms with Crippen LogP contribution in [-0.4, -0.2) is 11.6 Å². The minimum Gasteiger partial charge on any atom is -0.294 e. The van der Waals surface area contributed by atoms with Crippen LogP contribution in [0.15, 0.2) is 66.7 Å². The van der Waals surface area contributed by atoms with Gasteiger partial charge in [0.2, 0.25) is 0 Å². The molecule has 0 aromatic heterocycles. The number of benzene rings is 3. The normalized spacial score (nSPS) is 12.2. The minimum atomic E-state index is -0.564. The van der Waals surface area contributed by atoms with E-state index in [1.54, 1.807) is 0 Å². The second-order valence-electron chi connectivity index (χ2n) is 9.23. The largest absolute Gasteiger partial charge is 0.294 e. The van der Waals surface area contributed by atoms with Crippen molar-refractivity contribution in [1.29, 1.82) is 0 Å². The predicted octanol–water partition coefficient (Wildman–Crippen LogP) is 6.52. The molecule has 3 aromatic rings. The number of hydrogen-bond donors (Lipinski definition) is 0. The molecule has 0 radical (unpaired) electrons. The highest BCUT2D eigenvalue weighted by Gasteiger charge is 2.30. The third kappa shape index (κ3) is 4.22. The van der Waals surface area contributed by atoms with Crippen molar-refractivity contribution in [2.45, 2.75) is 41.0 Å². The van der Waals surface area contributed by atoms with Gasteiger partial charge in [0.15, 0.2) is 11.6 Å². The number of hydrogen-bond acceptors (Lipinski definition) is 2. The van der Waals surface area contributed by atoms with E-state index in [0.29, 0.717) is 12.0 Å². The molecule has 0 saturated heterocycles. The van der Waals surface area contributed by atoms with Crippen molar-refractivity contribution in [2.75, 3.05) is 0 Å². The van der Waals surface area contributed by atoms with E-state index in [0.717, 1.165) is 21.9 Å². The molecule has 0 atom stereocenters. The van der Waals surface area contributed by atoms with Crippen molar-refractivity contribution in [2.24, 2.45) is 10.8 Å². The summed E-state index contributed by atoms with van der Waals surface area (Å²) in [5.41, 5.74) is 1.46. The van der Waals surface area contributed by atoms with Crippen LogP contribution >= 0.6 is 0 Å². The third-order valence-electron chi connectivity index (χ3n) is 5.14. The van der Waals surface area contributed by atoms with Gasteiger partial charge in [0, 0.05) is 22.0 Å². The second kappa shape index (κ2) is 7.35. The van der Waals surface area contributed by atoms with Gasteiger partial charge < -0.3 is 0 Å². The van der Waals surface area contributed by atoms with Crippen molar-refractivity contribution in [3.8, 4) is 0 Å². The summed E-state index contributed by atoms with van der Waals surface area (Å²) in [6.45, 7) is 9.73. The van der Waals surface area contributed by atoms with Gasteiger partial charge in [-0.15, -0.1) is 0 Å². The molecule has 0 aliphatic rings. The maximum atomic E-state index is 13.2. The van der Waals surface area contributed by atoms with Gasteiger partial charge in [-0.25, -0.2) is 0 Å². The Morgan fingerprint density at radius 3 is 2.00 bits per heavy atom. The smallest absolute Gasteiger partial charge is 0.168 e. The molecule has 0 spiro atoms. The molecule has 3 rings (SSSR count). The quantitative estimate of drug-likeness (QED) is 0.478. The van der Waals surface area contributed by atoms with E-state index in [1.165, 1.54) is 0 Å². The van der Waals surface area contributed by atoms with Gasteiger partial charge in [-0.2, -0.15) is 0 Å². The molecule has 0 unspecified atom stereocenters. The zero-order valence-electron chi connectivity index (χ0n) is 17.4. The first-order valence-electron chi connectivity index (χ1n) is 9.75. The topological polar surface area (TPSA) is 34.1 Å². The van der Waals surface area contributed by atoms with Crippen LogP contribution < -0.4 is 0 Å². The van der Waals surface area contributed by atoms with Crippen molar-refractivity contribution in [3.05, 3.63) is 83.4 Å². The molecule has 2 heteroatoms. The maximum absolute atomic E-state index is 13.2. The molecule has 0 aliphatic heterocycles. The summed E-state index contributed by atoms with van der Waals surface area (Å²) in [7, 11) is 0. The maximum Gasteiger partial charge on any atom is 0.168 e. The van der Waals surface area contributed by atoms with Gasteiger partial charge in [-0.3, -0.25) is 9.59 Å². The average molecular weight is 373 g/mol. The van der Waals surface area contributed by atoms with Crippen LogP contribution in [-0.2, 0) is 6.42 Å². The fraction of sp³-hybridized carbons (Fsp3) is 0.308. The molecule has 28 heavy (non-hydrogen) atoms. The molecule has 0 amide bonds. The van der Waals surface area contributed by atoms with Crippen LogP contribution in [0.5, 0.6) is 0 Å². The lowest BCUT2D eigenvalue weighted by atomic mass is 9.78. The summed E-state index contributed by atoms with van der Waals surface area (Å²) in [6.07, 6.45) is 0.587. The van der Waals surface area contributed by atoms with E-state index >= 15 is 0 Å². The van der Waals surface area contributed by atoms with Crippen molar-refractivity contribution in [3.63, 3.8) is 0 Å². The van der Waals surface area contributed by atoms with Crippen LogP contribution in [0.1, 0.15) is 60.9 Å². The Morgan fingerprint density at radius 2 is 1.32 bits per heavy atom. The molecule has 3 aromatic carbocycles. The summed E-state index contributed by atoms with van der Waals surface area (Å²) >= 11 is 0. The lowest BCUT2D eigenvalue weighted by Gasteiger charge is -2.24. The Morgan fingerprint density at radius 1 is 0.679 bits per heavy atom. The van der Waals surface area contributed by atoms with Crippen LogP contribution in [0, 0.1) is 10.8 Å². The van der Waals surface area contributed by atoms with E-state index in [9.17, 15) is 9.59 Å². The van der Waals surface area contributed by atoms with Crippen LogP contribution in [0.25, 0.3) is 10.8 Å². The molecular formula is C26H28O2. The van der Waals surface area contributed by atoms with E-state index in [1.807, 2.05) is 101 Å². The van der Waals surface area contributed by atoms with Crippen LogP contribution in [0.4, 0.5) is 0 Å². The molecule has 0 saturated carbocycles. The Balaban J connectivity index is 1.86. The number of fused-ring (bicyclic) bond motifs is 1. The molecule has 0 N–H and O–H groups in total. The predicted molar refractivity (Wildman–Crippen MR) is 116 cm³/mol. The Labute approximate surface area is 167 Å². The minimum absolute atomic E-state index is 0.116. The van der Waals surface area contributed by atoms with E-state index in [4.69, 9.17) is 0 Å². The van der Waals surface area contributed by atoms with E-state index in [-0.39, 0.29) is 11.6 Å². The fourth-order valence-electron chi connectivity index (χ4n) is 3.57. The second-order valence-corrected chi connectivity index (χ2v) is 9.23. The standard InChI is InChI=1S/C26H28O2/c1-25(2,3)23(27)21-12-8-9-18(15-21)17-26(4,5)24(28)22-14-13-19-10-6-7-11-20(19)16-22/h6-16H,17H2,1-5H3. The first kappa shape index (κ1) is 20.0. The highest BCUT2D eigenvalue weighted by atomic mass is 16.1. The zero-order valence-corrected chi connectivity index (χ0v) is 17.4. The Hall–Kier alpha value is -2.74. The number of carbonyl (C=O) groups is 2. The number of Topliss-reactive ketones (excluding diaryl/α,β-unsaturated/α-hetero) is 2. The van der Waals surface area contributed by atoms with E-state index in [2.05, 4.69) is 0 Å². The van der Waals surface area contributed by atoms with E-state index < -0.39 is 10.8 Å². The molecule has 0 heterocycles. The molecular weight excluding hydrogens is 344 g/mol. The molecule has 2 nitrogen and oxygen atoms in total. The molecule has 0 aliphatic carbocycles. The summed E-state index contributed by atoms with van der Waals surface area (Å²) < 4.78 is 0. The summed E-state index contributed by atoms with van der Waals surface area (Å²) in [5, 5.41) is 2.20. The number of carbonyl (C=O) groups excluding carboxylic acids is 2. The van der Waals surface area contributed by atoms with Gasteiger partial charge >= 0.3 is 0 Å². The van der Waals surface area contributed by atoms with Gasteiger partial charge in [-0.1, -0.05) is 89.2 Å². The van der Waals surface area contributed by atoms with Gasteiger partial charge in [-0.05, 0) is 34.9 Å². The first-order valence-corrected chi connectivity index (χ1v) is 9.75. The summed E-state index contributed by atoms with van der Waals surface area (Å²) in [5.74, 6) is 0.235. The monoisotopic (exact) mass is 372 g/mol. The van der Waals surface area contributed by atoms with Crippen molar-refractivity contribution >= 4 is 22.3 Å². The van der Waals surface area contributed by atoms with Crippen LogP contribution in [0.2, 0.25) is 0 Å². The van der Waals surface area contributed by atoms with Crippen molar-refractivity contribution in [1.82, 2.24) is 0 Å². The summed E-state index contributed by atoms with van der Waals surface area (Å²) in [6, 6.07) is 21.6. The Bertz CT molecular complexity index is 1040. The zero-order chi connectivity index (χ0) is 20.5. The van der Waals surface area contributed by atoms with Gasteiger partial charge in [0.1, 0.15) is 0 Å². The average Bonchev–Trinajstić information content (AvgIpc) is 2.65. The lowest BCUT2D eigenvalue weighted by Crippen LogP contribution is -2.27. The Kier molecular flexibility index (Phi) is 5.25. The number of ketones is 2. The van der Waals surface area contributed by atoms with Gasteiger partial charge in [0.25, 0.3) is 0 Å².